The molecule has 2 aromatic rings. The standard InChI is InChI=1S/C27H40N6O6/c1-5-15(3)22(28)25(36)33-23(16(4)6-2)26(37)31-20(11-17-7-9-19(34)10-8-17)24(35)32-21(27(38)39)12-18-13-29-14-30-18/h7-10,13-16,20-23,34H,5-6,11-12,28H2,1-4H3,(H,29,30)(H,31,37)(H,32,35)(H,33,36)(H,38,39). The number of nitrogens with one attached hydrogen (secondary N) is 4. The summed E-state index contributed by atoms with van der Waals surface area (Å²) in [5.41, 5.74) is 7.21. The van der Waals surface area contributed by atoms with Gasteiger partial charge in [0.25, 0.3) is 0 Å². The van der Waals surface area contributed by atoms with E-state index in [0.29, 0.717) is 24.1 Å². The van der Waals surface area contributed by atoms with Crippen LogP contribution >= 0.6 is 0 Å². The number of aromatic nitrogens is 2. The summed E-state index contributed by atoms with van der Waals surface area (Å²) in [6, 6.07) is 1.87. The van der Waals surface area contributed by atoms with Crippen molar-refractivity contribution >= 4 is 23.7 Å². The van der Waals surface area contributed by atoms with Gasteiger partial charge in [-0.1, -0.05) is 52.7 Å². The molecule has 0 saturated heterocycles. The highest BCUT2D eigenvalue weighted by atomic mass is 16.4. The van der Waals surface area contributed by atoms with Crippen LogP contribution in [0.2, 0.25) is 0 Å². The maximum absolute atomic E-state index is 13.5. The van der Waals surface area contributed by atoms with Crippen molar-refractivity contribution in [3.8, 4) is 5.75 Å². The van der Waals surface area contributed by atoms with Gasteiger partial charge in [-0.15, -0.1) is 0 Å². The molecule has 0 spiro atoms. The van der Waals surface area contributed by atoms with Gasteiger partial charge in [0.2, 0.25) is 17.7 Å². The molecule has 1 heterocycles. The second-order valence-electron chi connectivity index (χ2n) is 9.90. The number of carbonyl (C=O) groups is 4. The van der Waals surface area contributed by atoms with Crippen LogP contribution in [0.1, 0.15) is 51.8 Å². The highest BCUT2D eigenvalue weighted by molar-refractivity contribution is 5.94. The van der Waals surface area contributed by atoms with Crippen molar-refractivity contribution in [2.45, 2.75) is 77.5 Å². The number of aromatic amines is 1. The molecular formula is C27H40N6O6. The number of phenolic OH excluding ortho intramolecular Hbond substituents is 1. The third-order valence-corrected chi connectivity index (χ3v) is 6.96. The van der Waals surface area contributed by atoms with Crippen LogP contribution in [0.25, 0.3) is 0 Å². The van der Waals surface area contributed by atoms with E-state index < -0.39 is 47.9 Å². The summed E-state index contributed by atoms with van der Waals surface area (Å²) in [7, 11) is 0. The molecular weight excluding hydrogens is 504 g/mol. The van der Waals surface area contributed by atoms with E-state index in [-0.39, 0.29) is 30.4 Å². The van der Waals surface area contributed by atoms with E-state index in [1.165, 1.54) is 24.7 Å². The van der Waals surface area contributed by atoms with Crippen LogP contribution in [0.4, 0.5) is 0 Å². The number of H-pyrrole nitrogens is 1. The molecule has 12 nitrogen and oxygen atoms in total. The lowest BCUT2D eigenvalue weighted by Crippen LogP contribution is -2.59. The van der Waals surface area contributed by atoms with Gasteiger partial charge in [0.05, 0.1) is 12.4 Å². The zero-order valence-electron chi connectivity index (χ0n) is 22.8. The van der Waals surface area contributed by atoms with Crippen LogP contribution in [0.3, 0.4) is 0 Å². The quantitative estimate of drug-likeness (QED) is 0.171. The van der Waals surface area contributed by atoms with Gasteiger partial charge in [0.1, 0.15) is 23.9 Å². The maximum Gasteiger partial charge on any atom is 0.326 e. The molecule has 0 fully saturated rings. The van der Waals surface area contributed by atoms with E-state index in [1.54, 1.807) is 19.1 Å². The first-order valence-electron chi connectivity index (χ1n) is 13.1. The van der Waals surface area contributed by atoms with Crippen LogP contribution in [0, 0.1) is 11.8 Å². The second-order valence-corrected chi connectivity index (χ2v) is 9.90. The maximum atomic E-state index is 13.5. The third-order valence-electron chi connectivity index (χ3n) is 6.96. The number of aliphatic carboxylic acids is 1. The Labute approximate surface area is 228 Å². The SMILES string of the molecule is CCC(C)C(N)C(=O)NC(C(=O)NC(Cc1ccc(O)cc1)C(=O)NC(Cc1cnc[nH]1)C(=O)O)C(C)CC. The normalized spacial score (nSPS) is 15.7. The molecule has 214 valence electrons. The number of benzene rings is 1. The van der Waals surface area contributed by atoms with Crippen LogP contribution in [0.5, 0.6) is 5.75 Å². The molecule has 0 radical (unpaired) electrons. The van der Waals surface area contributed by atoms with Gasteiger partial charge < -0.3 is 36.9 Å². The number of phenols is 1. The lowest BCUT2D eigenvalue weighted by molar-refractivity contribution is -0.142. The van der Waals surface area contributed by atoms with E-state index in [0.717, 1.165) is 0 Å². The molecule has 0 saturated carbocycles. The molecule has 1 aromatic heterocycles. The summed E-state index contributed by atoms with van der Waals surface area (Å²) >= 11 is 0. The minimum Gasteiger partial charge on any atom is -0.508 e. The van der Waals surface area contributed by atoms with E-state index in [1.807, 2.05) is 20.8 Å². The largest absolute Gasteiger partial charge is 0.508 e. The average molecular weight is 545 g/mol. The Morgan fingerprint density at radius 2 is 1.51 bits per heavy atom. The van der Waals surface area contributed by atoms with E-state index in [2.05, 4.69) is 25.9 Å². The van der Waals surface area contributed by atoms with Gasteiger partial charge in [-0.2, -0.15) is 0 Å². The number of carboxylic acids is 1. The van der Waals surface area contributed by atoms with E-state index in [4.69, 9.17) is 5.73 Å². The number of carbonyl (C=O) groups excluding carboxylic acids is 3. The third kappa shape index (κ3) is 9.40. The molecule has 0 aliphatic heterocycles. The Bertz CT molecular complexity index is 1090. The summed E-state index contributed by atoms with van der Waals surface area (Å²) < 4.78 is 0. The minimum absolute atomic E-state index is 0.0157. The highest BCUT2D eigenvalue weighted by Crippen LogP contribution is 2.14. The molecule has 8 N–H and O–H groups in total. The van der Waals surface area contributed by atoms with Crippen LogP contribution in [-0.2, 0) is 32.0 Å². The summed E-state index contributed by atoms with van der Waals surface area (Å²) in [6.45, 7) is 7.45. The number of amides is 3. The topological polar surface area (TPSA) is 200 Å². The molecule has 6 atom stereocenters. The van der Waals surface area contributed by atoms with Gasteiger partial charge in [-0.3, -0.25) is 14.4 Å². The lowest BCUT2D eigenvalue weighted by Gasteiger charge is -2.29. The Kier molecular flexibility index (Phi) is 11.9. The van der Waals surface area contributed by atoms with Gasteiger partial charge in [0, 0.05) is 24.7 Å². The monoisotopic (exact) mass is 544 g/mol. The Hall–Kier alpha value is -3.93. The highest BCUT2D eigenvalue weighted by Gasteiger charge is 2.33. The molecule has 6 unspecified atom stereocenters. The van der Waals surface area contributed by atoms with Crippen molar-refractivity contribution in [2.24, 2.45) is 17.6 Å². The van der Waals surface area contributed by atoms with E-state index in [9.17, 15) is 29.4 Å². The first-order chi connectivity index (χ1) is 18.5. The molecule has 12 heteroatoms. The van der Waals surface area contributed by atoms with Crippen LogP contribution < -0.4 is 21.7 Å². The van der Waals surface area contributed by atoms with Crippen LogP contribution in [0.15, 0.2) is 36.8 Å². The van der Waals surface area contributed by atoms with Gasteiger partial charge in [0.15, 0.2) is 0 Å². The fraction of sp³-hybridized carbons (Fsp3) is 0.519. The number of hydrogen-bond donors (Lipinski definition) is 7. The molecule has 3 amide bonds. The number of carboxylic acid groups (broad SMARTS) is 1. The number of aromatic hydroxyl groups is 1. The Balaban J connectivity index is 2.28. The number of imidazole rings is 1. The first-order valence-corrected chi connectivity index (χ1v) is 13.1. The first kappa shape index (κ1) is 31.3. The van der Waals surface area contributed by atoms with Crippen molar-refractivity contribution in [1.29, 1.82) is 0 Å². The van der Waals surface area contributed by atoms with Crippen LogP contribution in [-0.4, -0.2) is 68.0 Å². The van der Waals surface area contributed by atoms with Crippen molar-refractivity contribution in [3.63, 3.8) is 0 Å². The summed E-state index contributed by atoms with van der Waals surface area (Å²) in [4.78, 5) is 58.2. The smallest absolute Gasteiger partial charge is 0.326 e. The zero-order valence-corrected chi connectivity index (χ0v) is 22.8. The summed E-state index contributed by atoms with van der Waals surface area (Å²) in [6.07, 6.45) is 4.09. The molecule has 0 bridgehead atoms. The van der Waals surface area contributed by atoms with Crippen molar-refractivity contribution in [3.05, 3.63) is 48.0 Å². The minimum atomic E-state index is -1.28. The molecule has 2 rings (SSSR count). The summed E-state index contributed by atoms with van der Waals surface area (Å²) in [5, 5.41) is 27.3. The number of hydrogen-bond acceptors (Lipinski definition) is 7. The lowest BCUT2D eigenvalue weighted by atomic mass is 9.95. The molecule has 0 aliphatic rings. The molecule has 0 aliphatic carbocycles. The van der Waals surface area contributed by atoms with Gasteiger partial charge in [-0.05, 0) is 29.5 Å². The Morgan fingerprint density at radius 3 is 2.05 bits per heavy atom. The average Bonchev–Trinajstić information content (AvgIpc) is 3.43. The summed E-state index contributed by atoms with van der Waals surface area (Å²) in [5.74, 6) is -3.36. The molecule has 39 heavy (non-hydrogen) atoms. The Morgan fingerprint density at radius 1 is 0.897 bits per heavy atom. The zero-order chi connectivity index (χ0) is 29.1. The van der Waals surface area contributed by atoms with Crippen molar-refractivity contribution in [1.82, 2.24) is 25.9 Å². The van der Waals surface area contributed by atoms with Crippen molar-refractivity contribution < 1.29 is 29.4 Å². The molecule has 1 aromatic carbocycles. The van der Waals surface area contributed by atoms with Gasteiger partial charge in [-0.25, -0.2) is 9.78 Å². The fourth-order valence-corrected chi connectivity index (χ4v) is 3.89. The fourth-order valence-electron chi connectivity index (χ4n) is 3.89. The predicted octanol–water partition coefficient (Wildman–Crippen LogP) is 0.859. The predicted molar refractivity (Wildman–Crippen MR) is 144 cm³/mol. The number of nitrogens with zero attached hydrogens (tertiary/aromatic N) is 1. The van der Waals surface area contributed by atoms with E-state index >= 15 is 0 Å². The number of nitrogens with two attached hydrogens (primary N) is 1. The number of rotatable bonds is 15. The van der Waals surface area contributed by atoms with Crippen molar-refractivity contribution in [2.75, 3.05) is 0 Å². The van der Waals surface area contributed by atoms with Gasteiger partial charge >= 0.3 is 5.97 Å². The second kappa shape index (κ2) is 14.9.